The first-order chi connectivity index (χ1) is 13.0. The smallest absolute Gasteiger partial charge is 0.191 e. The van der Waals surface area contributed by atoms with Gasteiger partial charge in [-0.15, -0.1) is 24.0 Å². The van der Waals surface area contributed by atoms with E-state index in [-0.39, 0.29) is 29.4 Å². The molecule has 1 saturated carbocycles. The molecule has 0 aromatic rings. The predicted molar refractivity (Wildman–Crippen MR) is 129 cm³/mol. The van der Waals surface area contributed by atoms with Crippen molar-refractivity contribution in [2.24, 2.45) is 16.3 Å². The molecular formula is C22H43IN4O. The van der Waals surface area contributed by atoms with Crippen molar-refractivity contribution in [1.29, 1.82) is 0 Å². The van der Waals surface area contributed by atoms with Gasteiger partial charge in [-0.1, -0.05) is 33.6 Å². The first-order valence-electron chi connectivity index (χ1n) is 11.3. The Morgan fingerprint density at radius 2 is 1.71 bits per heavy atom. The molecule has 0 aromatic heterocycles. The number of nitrogens with zero attached hydrogens (tertiary/aromatic N) is 2. The Morgan fingerprint density at radius 1 is 1.04 bits per heavy atom. The van der Waals surface area contributed by atoms with E-state index in [0.29, 0.717) is 18.1 Å². The van der Waals surface area contributed by atoms with Crippen molar-refractivity contribution in [1.82, 2.24) is 15.5 Å². The summed E-state index contributed by atoms with van der Waals surface area (Å²) in [6, 6.07) is 1.42. The average Bonchev–Trinajstić information content (AvgIpc) is 3.20. The number of ether oxygens (including phenoxy) is 1. The minimum Gasteiger partial charge on any atom is -0.377 e. The second kappa shape index (κ2) is 11.3. The van der Waals surface area contributed by atoms with E-state index in [1.807, 2.05) is 7.05 Å². The molecule has 2 unspecified atom stereocenters. The minimum atomic E-state index is 0. The molecule has 2 saturated heterocycles. The van der Waals surface area contributed by atoms with Gasteiger partial charge in [0.25, 0.3) is 0 Å². The molecule has 2 aliphatic heterocycles. The van der Waals surface area contributed by atoms with E-state index in [1.165, 1.54) is 64.5 Å². The molecule has 164 valence electrons. The quantitative estimate of drug-likeness (QED) is 0.344. The molecule has 0 spiro atoms. The van der Waals surface area contributed by atoms with Crippen LogP contribution in [0.1, 0.15) is 72.1 Å². The number of nitrogens with one attached hydrogen (secondary N) is 2. The van der Waals surface area contributed by atoms with Crippen LogP contribution in [0.15, 0.2) is 4.99 Å². The number of hydrogen-bond acceptors (Lipinski definition) is 3. The largest absolute Gasteiger partial charge is 0.377 e. The maximum absolute atomic E-state index is 6.13. The standard InChI is InChI=1S/C22H42N4O.HI/c1-22(2,3)20-17(8-7-15-27-20)16-24-21(23-4)25-18-11-13-26(14-12-18)19-9-5-6-10-19;/h17-20H,5-16H2,1-4H3,(H2,23,24,25);1H. The zero-order chi connectivity index (χ0) is 19.3. The predicted octanol–water partition coefficient (Wildman–Crippen LogP) is 4.02. The number of aliphatic imine (C=N–C) groups is 1. The third kappa shape index (κ3) is 6.73. The van der Waals surface area contributed by atoms with Crippen LogP contribution in [0.5, 0.6) is 0 Å². The van der Waals surface area contributed by atoms with Crippen LogP contribution >= 0.6 is 24.0 Å². The summed E-state index contributed by atoms with van der Waals surface area (Å²) in [6.07, 6.45) is 10.9. The number of rotatable bonds is 4. The Kier molecular flexibility index (Phi) is 9.81. The van der Waals surface area contributed by atoms with Crippen molar-refractivity contribution < 1.29 is 4.74 Å². The highest BCUT2D eigenvalue weighted by Crippen LogP contribution is 2.33. The summed E-state index contributed by atoms with van der Waals surface area (Å²) < 4.78 is 6.13. The first-order valence-corrected chi connectivity index (χ1v) is 11.3. The van der Waals surface area contributed by atoms with Gasteiger partial charge in [-0.25, -0.2) is 0 Å². The molecule has 3 rings (SSSR count). The fourth-order valence-corrected chi connectivity index (χ4v) is 5.30. The fraction of sp³-hybridized carbons (Fsp3) is 0.955. The summed E-state index contributed by atoms with van der Waals surface area (Å²) in [7, 11) is 1.89. The third-order valence-electron chi connectivity index (χ3n) is 6.77. The van der Waals surface area contributed by atoms with Gasteiger partial charge < -0.3 is 20.3 Å². The van der Waals surface area contributed by atoms with Crippen molar-refractivity contribution in [3.05, 3.63) is 0 Å². The lowest BCUT2D eigenvalue weighted by Gasteiger charge is -2.40. The van der Waals surface area contributed by atoms with Crippen molar-refractivity contribution >= 4 is 29.9 Å². The van der Waals surface area contributed by atoms with Gasteiger partial charge in [-0.05, 0) is 43.9 Å². The lowest BCUT2D eigenvalue weighted by molar-refractivity contribution is -0.0835. The summed E-state index contributed by atoms with van der Waals surface area (Å²) >= 11 is 0. The summed E-state index contributed by atoms with van der Waals surface area (Å²) in [6.45, 7) is 11.2. The maximum atomic E-state index is 6.13. The van der Waals surface area contributed by atoms with E-state index >= 15 is 0 Å². The van der Waals surface area contributed by atoms with Gasteiger partial charge in [0.05, 0.1) is 6.10 Å². The number of hydrogen-bond donors (Lipinski definition) is 2. The van der Waals surface area contributed by atoms with Crippen molar-refractivity contribution in [2.45, 2.75) is 90.3 Å². The first kappa shape index (κ1) is 24.2. The van der Waals surface area contributed by atoms with Gasteiger partial charge in [0.1, 0.15) is 0 Å². The van der Waals surface area contributed by atoms with Crippen LogP contribution in [0.25, 0.3) is 0 Å². The van der Waals surface area contributed by atoms with Crippen LogP contribution in [0.2, 0.25) is 0 Å². The van der Waals surface area contributed by atoms with Crippen LogP contribution < -0.4 is 10.6 Å². The third-order valence-corrected chi connectivity index (χ3v) is 6.77. The van der Waals surface area contributed by atoms with Crippen LogP contribution in [0.4, 0.5) is 0 Å². The summed E-state index contributed by atoms with van der Waals surface area (Å²) in [4.78, 5) is 7.22. The Bertz CT molecular complexity index is 479. The second-order valence-corrected chi connectivity index (χ2v) is 9.91. The SMILES string of the molecule is CN=C(NCC1CCCOC1C(C)(C)C)NC1CCN(C2CCCC2)CC1.I. The zero-order valence-corrected chi connectivity index (χ0v) is 20.8. The molecule has 0 amide bonds. The lowest BCUT2D eigenvalue weighted by Crippen LogP contribution is -2.52. The Balaban J connectivity index is 0.00000280. The van der Waals surface area contributed by atoms with Gasteiger partial charge in [0.15, 0.2) is 5.96 Å². The fourth-order valence-electron chi connectivity index (χ4n) is 5.30. The van der Waals surface area contributed by atoms with Gasteiger partial charge in [-0.2, -0.15) is 0 Å². The number of likely N-dealkylation sites (tertiary alicyclic amines) is 1. The van der Waals surface area contributed by atoms with E-state index in [2.05, 4.69) is 41.3 Å². The van der Waals surface area contributed by atoms with E-state index < -0.39 is 0 Å². The van der Waals surface area contributed by atoms with E-state index in [9.17, 15) is 0 Å². The maximum Gasteiger partial charge on any atom is 0.191 e. The molecule has 6 heteroatoms. The molecule has 5 nitrogen and oxygen atoms in total. The molecule has 0 radical (unpaired) electrons. The van der Waals surface area contributed by atoms with Crippen molar-refractivity contribution in [3.63, 3.8) is 0 Å². The highest BCUT2D eigenvalue weighted by Gasteiger charge is 2.35. The van der Waals surface area contributed by atoms with E-state index in [0.717, 1.165) is 25.2 Å². The number of guanidine groups is 1. The normalized spacial score (nSPS) is 28.8. The molecule has 2 N–H and O–H groups in total. The Labute approximate surface area is 189 Å². The summed E-state index contributed by atoms with van der Waals surface area (Å²) in [5.74, 6) is 1.52. The molecule has 0 bridgehead atoms. The molecule has 1 aliphatic carbocycles. The average molecular weight is 507 g/mol. The molecule has 3 fully saturated rings. The summed E-state index contributed by atoms with van der Waals surface area (Å²) in [5, 5.41) is 7.28. The van der Waals surface area contributed by atoms with Crippen LogP contribution in [0, 0.1) is 11.3 Å². The van der Waals surface area contributed by atoms with E-state index in [4.69, 9.17) is 4.74 Å². The van der Waals surface area contributed by atoms with Crippen molar-refractivity contribution in [2.75, 3.05) is 33.3 Å². The lowest BCUT2D eigenvalue weighted by atomic mass is 9.78. The molecule has 28 heavy (non-hydrogen) atoms. The number of piperidine rings is 1. The topological polar surface area (TPSA) is 48.9 Å². The van der Waals surface area contributed by atoms with Crippen LogP contribution in [-0.4, -0.2) is 62.3 Å². The van der Waals surface area contributed by atoms with E-state index in [1.54, 1.807) is 0 Å². The van der Waals surface area contributed by atoms with Gasteiger partial charge in [0.2, 0.25) is 0 Å². The van der Waals surface area contributed by atoms with Gasteiger partial charge in [-0.3, -0.25) is 4.99 Å². The number of halogens is 1. The Hall–Kier alpha value is -0.0800. The van der Waals surface area contributed by atoms with Gasteiger partial charge in [0, 0.05) is 51.3 Å². The van der Waals surface area contributed by atoms with Crippen LogP contribution in [0.3, 0.4) is 0 Å². The monoisotopic (exact) mass is 506 g/mol. The minimum absolute atomic E-state index is 0. The molecule has 3 aliphatic rings. The molecule has 2 heterocycles. The second-order valence-electron chi connectivity index (χ2n) is 9.91. The highest BCUT2D eigenvalue weighted by molar-refractivity contribution is 14.0. The molecule has 0 aromatic carbocycles. The highest BCUT2D eigenvalue weighted by atomic mass is 127. The Morgan fingerprint density at radius 3 is 2.32 bits per heavy atom. The van der Waals surface area contributed by atoms with Gasteiger partial charge >= 0.3 is 0 Å². The molecule has 2 atom stereocenters. The van der Waals surface area contributed by atoms with Crippen LogP contribution in [-0.2, 0) is 4.74 Å². The zero-order valence-electron chi connectivity index (χ0n) is 18.5. The summed E-state index contributed by atoms with van der Waals surface area (Å²) in [5.41, 5.74) is 0.191. The molecular weight excluding hydrogens is 463 g/mol. The van der Waals surface area contributed by atoms with Crippen molar-refractivity contribution in [3.8, 4) is 0 Å².